The number of phenols is 1. The maximum Gasteiger partial charge on any atom is 0.214 e. The largest absolute Gasteiger partial charge is 0.507 e. The van der Waals surface area contributed by atoms with Crippen molar-refractivity contribution in [1.29, 1.82) is 0 Å². The van der Waals surface area contributed by atoms with Crippen molar-refractivity contribution >= 4 is 17.3 Å². The average Bonchev–Trinajstić information content (AvgIpc) is 3.29. The Kier molecular flexibility index (Phi) is 5.42. The first-order valence-electron chi connectivity index (χ1n) is 10.4. The second-order valence-electron chi connectivity index (χ2n) is 7.77. The van der Waals surface area contributed by atoms with Gasteiger partial charge in [0.05, 0.1) is 33.1 Å². The van der Waals surface area contributed by atoms with Crippen LogP contribution in [0.4, 0.5) is 0 Å². The first-order chi connectivity index (χ1) is 16.0. The lowest BCUT2D eigenvalue weighted by molar-refractivity contribution is -0.0210. The van der Waals surface area contributed by atoms with E-state index in [1.807, 2.05) is 41.4 Å². The molecule has 3 aromatic rings. The molecule has 3 aromatic carbocycles. The van der Waals surface area contributed by atoms with Crippen LogP contribution in [0.2, 0.25) is 5.02 Å². The Morgan fingerprint density at radius 3 is 2.52 bits per heavy atom. The van der Waals surface area contributed by atoms with Crippen LogP contribution in [-0.2, 0) is 0 Å². The van der Waals surface area contributed by atoms with Crippen LogP contribution in [0.15, 0.2) is 59.7 Å². The van der Waals surface area contributed by atoms with Crippen LogP contribution in [0, 0.1) is 0 Å². The molecule has 0 radical (unpaired) electrons. The van der Waals surface area contributed by atoms with Crippen LogP contribution in [-0.4, -0.2) is 37.2 Å². The fourth-order valence-corrected chi connectivity index (χ4v) is 4.55. The Labute approximate surface area is 196 Å². The summed E-state index contributed by atoms with van der Waals surface area (Å²) in [5.41, 5.74) is 3.14. The monoisotopic (exact) mass is 466 g/mol. The number of aromatic hydroxyl groups is 1. The summed E-state index contributed by atoms with van der Waals surface area (Å²) in [7, 11) is 4.82. The van der Waals surface area contributed by atoms with E-state index in [4.69, 9.17) is 35.6 Å². The number of ether oxygens (including phenoxy) is 4. The number of fused-ring (bicyclic) bond motifs is 3. The van der Waals surface area contributed by atoms with Crippen LogP contribution < -0.4 is 18.9 Å². The number of nitrogens with zero attached hydrogens (tertiary/aromatic N) is 2. The van der Waals surface area contributed by atoms with E-state index < -0.39 is 6.23 Å². The highest BCUT2D eigenvalue weighted by molar-refractivity contribution is 6.31. The van der Waals surface area contributed by atoms with E-state index in [0.29, 0.717) is 40.0 Å². The standard InChI is InChI=1S/C25H23ClN2O5/c1-30-21-10-7-14(11-23(21)32-3)25-28-19(16-5-4-6-22(31-2)24(16)33-25)13-18(27-28)17-12-15(26)8-9-20(17)29/h4-12,19,25,29H,13H2,1-3H3. The van der Waals surface area contributed by atoms with Crippen molar-refractivity contribution in [3.63, 3.8) is 0 Å². The van der Waals surface area contributed by atoms with E-state index in [1.54, 1.807) is 39.5 Å². The molecular formula is C25H23ClN2O5. The highest BCUT2D eigenvalue weighted by Crippen LogP contribution is 2.51. The summed E-state index contributed by atoms with van der Waals surface area (Å²) < 4.78 is 23.0. The summed E-state index contributed by atoms with van der Waals surface area (Å²) in [6, 6.07) is 16.3. The molecule has 33 heavy (non-hydrogen) atoms. The van der Waals surface area contributed by atoms with Gasteiger partial charge in [-0.1, -0.05) is 23.7 Å². The molecule has 2 unspecified atom stereocenters. The molecule has 2 atom stereocenters. The zero-order valence-corrected chi connectivity index (χ0v) is 19.2. The average molecular weight is 467 g/mol. The molecule has 2 aliphatic rings. The van der Waals surface area contributed by atoms with Gasteiger partial charge < -0.3 is 24.1 Å². The maximum absolute atomic E-state index is 10.5. The topological polar surface area (TPSA) is 72.8 Å². The smallest absolute Gasteiger partial charge is 0.214 e. The van der Waals surface area contributed by atoms with Crippen LogP contribution >= 0.6 is 11.6 Å². The van der Waals surface area contributed by atoms with Crippen LogP contribution in [0.1, 0.15) is 35.4 Å². The quantitative estimate of drug-likeness (QED) is 0.549. The third-order valence-electron chi connectivity index (χ3n) is 5.96. The summed E-state index contributed by atoms with van der Waals surface area (Å²) >= 11 is 6.21. The van der Waals surface area contributed by atoms with E-state index in [0.717, 1.165) is 16.8 Å². The molecule has 0 spiro atoms. The molecule has 8 heteroatoms. The molecule has 0 amide bonds. The van der Waals surface area contributed by atoms with E-state index >= 15 is 0 Å². The summed E-state index contributed by atoms with van der Waals surface area (Å²) in [5.74, 6) is 2.68. The highest BCUT2D eigenvalue weighted by Gasteiger charge is 2.42. The minimum absolute atomic E-state index is 0.115. The number of rotatable bonds is 5. The minimum Gasteiger partial charge on any atom is -0.507 e. The van der Waals surface area contributed by atoms with Crippen molar-refractivity contribution in [1.82, 2.24) is 5.01 Å². The number of hydrazone groups is 1. The highest BCUT2D eigenvalue weighted by atomic mass is 35.5. The minimum atomic E-state index is -0.544. The molecular weight excluding hydrogens is 444 g/mol. The predicted octanol–water partition coefficient (Wildman–Crippen LogP) is 5.31. The van der Waals surface area contributed by atoms with Crippen molar-refractivity contribution in [2.45, 2.75) is 18.7 Å². The first kappa shape index (κ1) is 21.3. The van der Waals surface area contributed by atoms with Gasteiger partial charge in [0.2, 0.25) is 6.23 Å². The van der Waals surface area contributed by atoms with E-state index in [1.165, 1.54) is 0 Å². The number of para-hydroxylation sites is 1. The van der Waals surface area contributed by atoms with Gasteiger partial charge in [-0.25, -0.2) is 5.01 Å². The Morgan fingerprint density at radius 1 is 0.970 bits per heavy atom. The zero-order valence-electron chi connectivity index (χ0n) is 18.4. The first-order valence-corrected chi connectivity index (χ1v) is 10.8. The van der Waals surface area contributed by atoms with Crippen LogP contribution in [0.3, 0.4) is 0 Å². The molecule has 0 saturated heterocycles. The molecule has 0 aliphatic carbocycles. The van der Waals surface area contributed by atoms with E-state index in [-0.39, 0.29) is 11.8 Å². The Bertz CT molecular complexity index is 1250. The lowest BCUT2D eigenvalue weighted by atomic mass is 9.95. The molecule has 0 saturated carbocycles. The van der Waals surface area contributed by atoms with Gasteiger partial charge in [-0.15, -0.1) is 0 Å². The molecule has 2 heterocycles. The second kappa shape index (κ2) is 8.41. The molecule has 7 nitrogen and oxygen atoms in total. The summed E-state index contributed by atoms with van der Waals surface area (Å²) in [6.45, 7) is 0. The van der Waals surface area contributed by atoms with Gasteiger partial charge in [0.1, 0.15) is 5.75 Å². The van der Waals surface area contributed by atoms with Crippen molar-refractivity contribution in [3.8, 4) is 28.7 Å². The van der Waals surface area contributed by atoms with Gasteiger partial charge in [0, 0.05) is 28.1 Å². The second-order valence-corrected chi connectivity index (χ2v) is 8.21. The Morgan fingerprint density at radius 2 is 1.76 bits per heavy atom. The van der Waals surface area contributed by atoms with Crippen molar-refractivity contribution in [2.24, 2.45) is 5.10 Å². The zero-order chi connectivity index (χ0) is 23.1. The Balaban J connectivity index is 1.64. The van der Waals surface area contributed by atoms with Gasteiger partial charge in [-0.3, -0.25) is 0 Å². The van der Waals surface area contributed by atoms with Gasteiger partial charge in [-0.2, -0.15) is 5.10 Å². The maximum atomic E-state index is 10.5. The normalized spacial score (nSPS) is 18.7. The molecule has 1 N–H and O–H groups in total. The van der Waals surface area contributed by atoms with Crippen molar-refractivity contribution < 1.29 is 24.1 Å². The molecule has 170 valence electrons. The molecule has 0 fully saturated rings. The van der Waals surface area contributed by atoms with Gasteiger partial charge in [0.15, 0.2) is 23.0 Å². The van der Waals surface area contributed by atoms with Crippen LogP contribution in [0.5, 0.6) is 28.7 Å². The summed E-state index contributed by atoms with van der Waals surface area (Å²) in [4.78, 5) is 0. The van der Waals surface area contributed by atoms with Gasteiger partial charge >= 0.3 is 0 Å². The fraction of sp³-hybridized carbons (Fsp3) is 0.240. The van der Waals surface area contributed by atoms with Gasteiger partial charge in [0.25, 0.3) is 0 Å². The predicted molar refractivity (Wildman–Crippen MR) is 125 cm³/mol. The number of phenolic OH excluding ortho intramolecular Hbond substituents is 1. The van der Waals surface area contributed by atoms with E-state index in [9.17, 15) is 5.11 Å². The number of hydrogen-bond acceptors (Lipinski definition) is 7. The van der Waals surface area contributed by atoms with Crippen molar-refractivity contribution in [3.05, 3.63) is 76.3 Å². The third-order valence-corrected chi connectivity index (χ3v) is 6.20. The van der Waals surface area contributed by atoms with E-state index in [2.05, 4.69) is 0 Å². The van der Waals surface area contributed by atoms with Crippen LogP contribution in [0.25, 0.3) is 0 Å². The lowest BCUT2D eigenvalue weighted by Gasteiger charge is -2.38. The number of halogens is 1. The van der Waals surface area contributed by atoms with Crippen molar-refractivity contribution in [2.75, 3.05) is 21.3 Å². The SMILES string of the molecule is COc1ccc(C2Oc3c(OC)cccc3C3CC(c4cc(Cl)ccc4O)=NN32)cc1OC. The summed E-state index contributed by atoms with van der Waals surface area (Å²) in [5, 5.41) is 17.8. The molecule has 5 rings (SSSR count). The molecule has 0 bridgehead atoms. The number of methoxy groups -OCH3 is 3. The third kappa shape index (κ3) is 3.58. The number of hydrogen-bond donors (Lipinski definition) is 1. The summed E-state index contributed by atoms with van der Waals surface area (Å²) in [6.07, 6.45) is 0.0266. The van der Waals surface area contributed by atoms with Gasteiger partial charge in [-0.05, 0) is 42.5 Å². The fourth-order valence-electron chi connectivity index (χ4n) is 4.37. The lowest BCUT2D eigenvalue weighted by Crippen LogP contribution is -2.33. The number of benzene rings is 3. The Hall–Kier alpha value is -3.58. The molecule has 0 aromatic heterocycles. The molecule has 2 aliphatic heterocycles.